The molecule has 0 spiro atoms. The van der Waals surface area contributed by atoms with Gasteiger partial charge in [-0.1, -0.05) is 24.3 Å². The molecule has 5 heterocycles. The molecule has 0 radical (unpaired) electrons. The number of hydrogen-bond donors (Lipinski definition) is 2. The Morgan fingerprint density at radius 3 is 2.77 bits per heavy atom. The first kappa shape index (κ1) is 27.0. The van der Waals surface area contributed by atoms with Crippen LogP contribution in [0.5, 0.6) is 11.8 Å². The number of alkyl halides is 1. The van der Waals surface area contributed by atoms with Crippen LogP contribution in [0.4, 0.5) is 14.6 Å². The van der Waals surface area contributed by atoms with Crippen LogP contribution in [-0.2, 0) is 0 Å². The first-order chi connectivity index (χ1) is 20.8. The summed E-state index contributed by atoms with van der Waals surface area (Å²) < 4.78 is 37.3. The molecule has 0 amide bonds. The highest BCUT2D eigenvalue weighted by Gasteiger charge is 2.49. The summed E-state index contributed by atoms with van der Waals surface area (Å²) in [5.74, 6) is 0.428. The number of benzene rings is 2. The van der Waals surface area contributed by atoms with Gasteiger partial charge in [-0.15, -0.1) is 0 Å². The average molecular weight is 588 g/mol. The Balaban J connectivity index is 1.25. The number of ether oxygens (including phenoxy) is 1. The van der Waals surface area contributed by atoms with Gasteiger partial charge < -0.3 is 19.8 Å². The molecule has 43 heavy (non-hydrogen) atoms. The van der Waals surface area contributed by atoms with Crippen molar-refractivity contribution >= 4 is 27.5 Å². The zero-order valence-corrected chi connectivity index (χ0v) is 24.1. The lowest BCUT2D eigenvalue weighted by Gasteiger charge is -2.34. The largest absolute Gasteiger partial charge is 0.508 e. The van der Waals surface area contributed by atoms with E-state index in [1.54, 1.807) is 12.3 Å². The number of fused-ring (bicyclic) bond motifs is 5. The molecule has 224 valence electrons. The van der Waals surface area contributed by atoms with Crippen molar-refractivity contribution in [2.45, 2.75) is 56.8 Å². The molecule has 4 aromatic rings. The van der Waals surface area contributed by atoms with Crippen LogP contribution in [0.2, 0.25) is 0 Å². The predicted octanol–water partition coefficient (Wildman–Crippen LogP) is 5.16. The molecular weight excluding hydrogens is 552 g/mol. The van der Waals surface area contributed by atoms with E-state index in [1.807, 2.05) is 31.2 Å². The van der Waals surface area contributed by atoms with Crippen molar-refractivity contribution < 1.29 is 23.7 Å². The first-order valence-electron chi connectivity index (χ1n) is 15.3. The molecular formula is C33H35F2N5O3. The fourth-order valence-corrected chi connectivity index (χ4v) is 8.27. The summed E-state index contributed by atoms with van der Waals surface area (Å²) in [7, 11) is 0. The summed E-state index contributed by atoms with van der Waals surface area (Å²) in [6, 6.07) is 9.16. The Hall–Kier alpha value is -3.63. The lowest BCUT2D eigenvalue weighted by atomic mass is 9.95. The molecule has 2 aromatic heterocycles. The smallest absolute Gasteiger partial charge is 0.319 e. The Kier molecular flexibility index (Phi) is 6.24. The predicted molar refractivity (Wildman–Crippen MR) is 160 cm³/mol. The fraction of sp³-hybridized carbons (Fsp3) is 0.485. The van der Waals surface area contributed by atoms with Gasteiger partial charge in [0.1, 0.15) is 35.6 Å². The van der Waals surface area contributed by atoms with E-state index in [0.717, 1.165) is 43.0 Å². The number of anilines is 1. The van der Waals surface area contributed by atoms with Crippen LogP contribution in [0.3, 0.4) is 0 Å². The molecule has 1 saturated carbocycles. The van der Waals surface area contributed by atoms with Gasteiger partial charge in [-0.05, 0) is 67.5 Å². The summed E-state index contributed by atoms with van der Waals surface area (Å²) in [5, 5.41) is 23.3. The molecule has 3 aliphatic heterocycles. The van der Waals surface area contributed by atoms with Gasteiger partial charge in [0.15, 0.2) is 5.82 Å². The van der Waals surface area contributed by atoms with Crippen molar-refractivity contribution in [1.82, 2.24) is 19.9 Å². The number of hydrogen-bond acceptors (Lipinski definition) is 8. The minimum absolute atomic E-state index is 0.0529. The molecule has 8 rings (SSSR count). The normalized spacial score (nSPS) is 28.7. The van der Waals surface area contributed by atoms with Gasteiger partial charge in [-0.3, -0.25) is 9.88 Å². The standard InChI is InChI=1S/C33H35F2N5O3/c1-18-22-5-2-3-6-23(22)24(11-26(18)41)29-28(35)30-25(13-36-29)31(39-14-19-9-20(15-39)27(42)10-19)38-32(37-30)43-17-33-7-4-8-40(33)16-21(34)12-33/h2-3,5-6,11,13,19-21,27,41-42H,4,7-10,12,14-17H2,1H3/t19?,20?,21-,27?,33+/m1/s1. The Morgan fingerprint density at radius 1 is 1.09 bits per heavy atom. The van der Waals surface area contributed by atoms with Crippen LogP contribution in [0.15, 0.2) is 36.5 Å². The topological polar surface area (TPSA) is 94.8 Å². The van der Waals surface area contributed by atoms with E-state index in [-0.39, 0.29) is 41.6 Å². The molecule has 10 heteroatoms. The van der Waals surface area contributed by atoms with Gasteiger partial charge >= 0.3 is 6.01 Å². The highest BCUT2D eigenvalue weighted by Crippen LogP contribution is 2.43. The average Bonchev–Trinajstić information content (AvgIpc) is 3.62. The second-order valence-corrected chi connectivity index (χ2v) is 13.1. The Bertz CT molecular complexity index is 1750. The molecule has 2 bridgehead atoms. The summed E-state index contributed by atoms with van der Waals surface area (Å²) in [6.07, 6.45) is 4.31. The number of aliphatic hydroxyl groups excluding tert-OH is 1. The van der Waals surface area contributed by atoms with Crippen LogP contribution in [0, 0.1) is 24.6 Å². The lowest BCUT2D eigenvalue weighted by molar-refractivity contribution is 0.107. The van der Waals surface area contributed by atoms with Gasteiger partial charge in [0.2, 0.25) is 0 Å². The second kappa shape index (κ2) is 9.95. The minimum Gasteiger partial charge on any atom is -0.508 e. The third-order valence-corrected chi connectivity index (χ3v) is 10.4. The Morgan fingerprint density at radius 2 is 1.93 bits per heavy atom. The van der Waals surface area contributed by atoms with E-state index < -0.39 is 17.5 Å². The molecule has 3 unspecified atom stereocenters. The van der Waals surface area contributed by atoms with Crippen molar-refractivity contribution in [2.75, 3.05) is 37.7 Å². The molecule has 8 nitrogen and oxygen atoms in total. The van der Waals surface area contributed by atoms with Crippen molar-refractivity contribution in [2.24, 2.45) is 11.8 Å². The van der Waals surface area contributed by atoms with Crippen molar-refractivity contribution in [3.63, 3.8) is 0 Å². The van der Waals surface area contributed by atoms with Gasteiger partial charge in [-0.25, -0.2) is 8.78 Å². The van der Waals surface area contributed by atoms with E-state index in [2.05, 4.69) is 19.8 Å². The number of phenolic OH excluding ortho intramolecular Hbond substituents is 1. The third kappa shape index (κ3) is 4.32. The molecule has 4 aliphatic rings. The number of aryl methyl sites for hydroxylation is 1. The van der Waals surface area contributed by atoms with E-state index in [1.165, 1.54) is 0 Å². The monoisotopic (exact) mass is 587 g/mol. The molecule has 2 aromatic carbocycles. The highest BCUT2D eigenvalue weighted by molar-refractivity contribution is 6.01. The van der Waals surface area contributed by atoms with Crippen LogP contribution in [-0.4, -0.2) is 80.7 Å². The number of aromatic nitrogens is 3. The number of rotatable bonds is 5. The van der Waals surface area contributed by atoms with Gasteiger partial charge in [-0.2, -0.15) is 9.97 Å². The molecule has 1 aliphatic carbocycles. The van der Waals surface area contributed by atoms with Crippen molar-refractivity contribution in [1.29, 1.82) is 0 Å². The number of piperidine rings is 1. The Labute approximate surface area is 248 Å². The zero-order valence-electron chi connectivity index (χ0n) is 24.1. The number of pyridine rings is 1. The van der Waals surface area contributed by atoms with Crippen LogP contribution < -0.4 is 9.64 Å². The summed E-state index contributed by atoms with van der Waals surface area (Å²) >= 11 is 0. The number of phenols is 1. The van der Waals surface area contributed by atoms with Crippen LogP contribution in [0.1, 0.15) is 37.7 Å². The quantitative estimate of drug-likeness (QED) is 0.331. The third-order valence-electron chi connectivity index (χ3n) is 10.4. The molecule has 3 saturated heterocycles. The van der Waals surface area contributed by atoms with Gasteiger partial charge in [0.25, 0.3) is 0 Å². The van der Waals surface area contributed by atoms with Crippen LogP contribution in [0.25, 0.3) is 32.9 Å². The van der Waals surface area contributed by atoms with Gasteiger partial charge in [0.05, 0.1) is 17.0 Å². The lowest BCUT2D eigenvalue weighted by Crippen LogP contribution is -2.43. The van der Waals surface area contributed by atoms with E-state index in [0.29, 0.717) is 54.3 Å². The van der Waals surface area contributed by atoms with Crippen LogP contribution >= 0.6 is 0 Å². The SMILES string of the molecule is Cc1c(O)cc(-c2ncc3c(N4CC5CC(O)C(C5)C4)nc(OC[C@@]45CCCN4C[C@H](F)C5)nc3c2F)c2ccccc12. The van der Waals surface area contributed by atoms with E-state index in [4.69, 9.17) is 9.72 Å². The second-order valence-electron chi connectivity index (χ2n) is 13.1. The van der Waals surface area contributed by atoms with Crippen molar-refractivity contribution in [3.8, 4) is 23.0 Å². The molecule has 4 fully saturated rings. The maximum absolute atomic E-state index is 16.7. The van der Waals surface area contributed by atoms with E-state index >= 15 is 4.39 Å². The number of halogens is 2. The number of aromatic hydroxyl groups is 1. The first-order valence-corrected chi connectivity index (χ1v) is 15.3. The maximum atomic E-state index is 16.7. The summed E-state index contributed by atoms with van der Waals surface area (Å²) in [4.78, 5) is 18.3. The van der Waals surface area contributed by atoms with E-state index in [9.17, 15) is 14.6 Å². The fourth-order valence-electron chi connectivity index (χ4n) is 8.27. The highest BCUT2D eigenvalue weighted by atomic mass is 19.1. The minimum atomic E-state index is -0.890. The molecule has 2 N–H and O–H groups in total. The molecule has 5 atom stereocenters. The van der Waals surface area contributed by atoms with Crippen molar-refractivity contribution in [3.05, 3.63) is 47.9 Å². The summed E-state index contributed by atoms with van der Waals surface area (Å²) in [5.41, 5.74) is 0.960. The maximum Gasteiger partial charge on any atom is 0.319 e. The summed E-state index contributed by atoms with van der Waals surface area (Å²) in [6.45, 7) is 4.61. The number of nitrogens with zero attached hydrogens (tertiary/aromatic N) is 5. The zero-order chi connectivity index (χ0) is 29.5. The van der Waals surface area contributed by atoms with Gasteiger partial charge in [0, 0.05) is 43.7 Å². The number of aliphatic hydroxyl groups is 1.